The minimum atomic E-state index is -0.826. The standard InChI is InChI=1S/C13H20N6O2/c1-8(2)5-10(13(20)21)7-19-12(15-16-17-19)11-6-14-18(4)9(11)3/h6,8,10H,5,7H2,1-4H3,(H,20,21). The SMILES string of the molecule is Cc1c(-c2nnnn2CC(CC(C)C)C(=O)O)cnn1C. The number of rotatable bonds is 6. The lowest BCUT2D eigenvalue weighted by Crippen LogP contribution is -2.23. The van der Waals surface area contributed by atoms with Crippen molar-refractivity contribution in [2.45, 2.75) is 33.7 Å². The minimum Gasteiger partial charge on any atom is -0.481 e. The van der Waals surface area contributed by atoms with Gasteiger partial charge in [-0.3, -0.25) is 9.48 Å². The molecule has 0 aliphatic heterocycles. The van der Waals surface area contributed by atoms with Gasteiger partial charge in [-0.15, -0.1) is 5.10 Å². The van der Waals surface area contributed by atoms with Gasteiger partial charge in [0, 0.05) is 12.7 Å². The first-order chi connectivity index (χ1) is 9.90. The highest BCUT2D eigenvalue weighted by Crippen LogP contribution is 2.21. The van der Waals surface area contributed by atoms with Gasteiger partial charge >= 0.3 is 5.97 Å². The van der Waals surface area contributed by atoms with Crippen LogP contribution in [-0.2, 0) is 18.4 Å². The van der Waals surface area contributed by atoms with Crippen LogP contribution in [0.3, 0.4) is 0 Å². The Morgan fingerprint density at radius 1 is 1.43 bits per heavy atom. The Labute approximate surface area is 122 Å². The second-order valence-corrected chi connectivity index (χ2v) is 5.62. The summed E-state index contributed by atoms with van der Waals surface area (Å²) in [6, 6.07) is 0. The maximum Gasteiger partial charge on any atom is 0.308 e. The molecule has 0 aliphatic rings. The highest BCUT2D eigenvalue weighted by atomic mass is 16.4. The summed E-state index contributed by atoms with van der Waals surface area (Å²) in [6.45, 7) is 6.18. The number of aliphatic carboxylic acids is 1. The molecule has 2 heterocycles. The van der Waals surface area contributed by atoms with E-state index in [0.29, 0.717) is 18.2 Å². The smallest absolute Gasteiger partial charge is 0.308 e. The first-order valence-electron chi connectivity index (χ1n) is 6.88. The number of hydrogen-bond donors (Lipinski definition) is 1. The Bertz CT molecular complexity index is 630. The molecule has 0 aromatic carbocycles. The highest BCUT2D eigenvalue weighted by Gasteiger charge is 2.23. The zero-order chi connectivity index (χ0) is 15.6. The van der Waals surface area contributed by atoms with Crippen LogP contribution in [0.5, 0.6) is 0 Å². The molecule has 2 aromatic rings. The largest absolute Gasteiger partial charge is 0.481 e. The molecule has 0 amide bonds. The van der Waals surface area contributed by atoms with Crippen LogP contribution in [0.25, 0.3) is 11.4 Å². The van der Waals surface area contributed by atoms with Crippen molar-refractivity contribution in [2.75, 3.05) is 0 Å². The third kappa shape index (κ3) is 3.26. The summed E-state index contributed by atoms with van der Waals surface area (Å²) in [6.07, 6.45) is 2.27. The fourth-order valence-corrected chi connectivity index (χ4v) is 2.27. The Morgan fingerprint density at radius 3 is 2.67 bits per heavy atom. The van der Waals surface area contributed by atoms with Crippen molar-refractivity contribution < 1.29 is 9.90 Å². The first kappa shape index (κ1) is 15.1. The van der Waals surface area contributed by atoms with Crippen molar-refractivity contribution in [1.29, 1.82) is 0 Å². The molecule has 114 valence electrons. The van der Waals surface area contributed by atoms with Crippen LogP contribution in [0.1, 0.15) is 26.0 Å². The Morgan fingerprint density at radius 2 is 2.14 bits per heavy atom. The van der Waals surface area contributed by atoms with Gasteiger partial charge in [-0.2, -0.15) is 5.10 Å². The fraction of sp³-hybridized carbons (Fsp3) is 0.615. The van der Waals surface area contributed by atoms with Crippen LogP contribution in [0.15, 0.2) is 6.20 Å². The average Bonchev–Trinajstić information content (AvgIpc) is 2.97. The molecular formula is C13H20N6O2. The molecule has 0 fully saturated rings. The molecule has 0 radical (unpaired) electrons. The van der Waals surface area contributed by atoms with Gasteiger partial charge in [0.2, 0.25) is 0 Å². The van der Waals surface area contributed by atoms with E-state index in [1.165, 1.54) is 0 Å². The molecule has 21 heavy (non-hydrogen) atoms. The van der Waals surface area contributed by atoms with E-state index in [9.17, 15) is 9.90 Å². The van der Waals surface area contributed by atoms with Crippen LogP contribution >= 0.6 is 0 Å². The summed E-state index contributed by atoms with van der Waals surface area (Å²) >= 11 is 0. The van der Waals surface area contributed by atoms with Gasteiger partial charge in [-0.25, -0.2) is 4.68 Å². The average molecular weight is 292 g/mol. The quantitative estimate of drug-likeness (QED) is 0.856. The fourth-order valence-electron chi connectivity index (χ4n) is 2.27. The zero-order valence-electron chi connectivity index (χ0n) is 12.7. The van der Waals surface area contributed by atoms with E-state index in [1.54, 1.807) is 15.6 Å². The molecule has 2 rings (SSSR count). The number of aromatic nitrogens is 6. The van der Waals surface area contributed by atoms with Gasteiger partial charge in [0.1, 0.15) is 0 Å². The summed E-state index contributed by atoms with van der Waals surface area (Å²) in [5.74, 6) is -0.487. The summed E-state index contributed by atoms with van der Waals surface area (Å²) in [4.78, 5) is 11.4. The van der Waals surface area contributed by atoms with E-state index in [1.807, 2.05) is 27.8 Å². The molecule has 8 nitrogen and oxygen atoms in total. The summed E-state index contributed by atoms with van der Waals surface area (Å²) in [5, 5.41) is 25.1. The topological polar surface area (TPSA) is 98.7 Å². The van der Waals surface area contributed by atoms with Crippen LogP contribution < -0.4 is 0 Å². The number of tetrazole rings is 1. The number of carboxylic acid groups (broad SMARTS) is 1. The second-order valence-electron chi connectivity index (χ2n) is 5.62. The van der Waals surface area contributed by atoms with Crippen molar-refractivity contribution in [1.82, 2.24) is 30.0 Å². The van der Waals surface area contributed by atoms with E-state index in [0.717, 1.165) is 11.3 Å². The van der Waals surface area contributed by atoms with Crippen molar-refractivity contribution in [3.63, 3.8) is 0 Å². The van der Waals surface area contributed by atoms with E-state index < -0.39 is 11.9 Å². The monoisotopic (exact) mass is 292 g/mol. The van der Waals surface area contributed by atoms with Crippen LogP contribution in [-0.4, -0.2) is 41.1 Å². The number of carboxylic acids is 1. The van der Waals surface area contributed by atoms with Crippen molar-refractivity contribution in [3.05, 3.63) is 11.9 Å². The molecule has 0 bridgehead atoms. The molecule has 8 heteroatoms. The Hall–Kier alpha value is -2.25. The van der Waals surface area contributed by atoms with Gasteiger partial charge in [0.15, 0.2) is 5.82 Å². The third-order valence-electron chi connectivity index (χ3n) is 3.51. The number of nitrogens with zero attached hydrogens (tertiary/aromatic N) is 6. The normalized spacial score (nSPS) is 12.8. The number of carbonyl (C=O) groups is 1. The molecule has 0 saturated carbocycles. The van der Waals surface area contributed by atoms with E-state index in [2.05, 4.69) is 20.6 Å². The van der Waals surface area contributed by atoms with Crippen LogP contribution in [0.2, 0.25) is 0 Å². The highest BCUT2D eigenvalue weighted by molar-refractivity contribution is 5.70. The minimum absolute atomic E-state index is 0.254. The molecule has 2 aromatic heterocycles. The number of aryl methyl sites for hydroxylation is 1. The maximum absolute atomic E-state index is 11.4. The summed E-state index contributed by atoms with van der Waals surface area (Å²) in [5.41, 5.74) is 1.75. The van der Waals surface area contributed by atoms with Gasteiger partial charge in [0.25, 0.3) is 0 Å². The predicted octanol–water partition coefficient (Wildman–Crippen LogP) is 1.13. The van der Waals surface area contributed by atoms with Gasteiger partial charge < -0.3 is 5.11 Å². The lowest BCUT2D eigenvalue weighted by Gasteiger charge is -2.15. The van der Waals surface area contributed by atoms with Crippen LogP contribution in [0, 0.1) is 18.8 Å². The van der Waals surface area contributed by atoms with E-state index in [4.69, 9.17) is 0 Å². The lowest BCUT2D eigenvalue weighted by molar-refractivity contribution is -0.142. The van der Waals surface area contributed by atoms with Crippen LogP contribution in [0.4, 0.5) is 0 Å². The van der Waals surface area contributed by atoms with E-state index >= 15 is 0 Å². The Balaban J connectivity index is 2.28. The molecule has 0 aliphatic carbocycles. The molecule has 0 saturated heterocycles. The zero-order valence-corrected chi connectivity index (χ0v) is 12.7. The molecule has 0 spiro atoms. The molecule has 1 atom stereocenters. The van der Waals surface area contributed by atoms with Gasteiger partial charge in [-0.1, -0.05) is 13.8 Å². The van der Waals surface area contributed by atoms with E-state index in [-0.39, 0.29) is 6.54 Å². The second kappa shape index (κ2) is 6.02. The molecular weight excluding hydrogens is 272 g/mol. The summed E-state index contributed by atoms with van der Waals surface area (Å²) < 4.78 is 3.28. The number of hydrogen-bond acceptors (Lipinski definition) is 5. The van der Waals surface area contributed by atoms with Crippen molar-refractivity contribution >= 4 is 5.97 Å². The predicted molar refractivity (Wildman–Crippen MR) is 75.3 cm³/mol. The third-order valence-corrected chi connectivity index (χ3v) is 3.51. The van der Waals surface area contributed by atoms with Crippen molar-refractivity contribution in [3.8, 4) is 11.4 Å². The molecule has 1 unspecified atom stereocenters. The van der Waals surface area contributed by atoms with Gasteiger partial charge in [0.05, 0.1) is 24.2 Å². The van der Waals surface area contributed by atoms with Gasteiger partial charge in [-0.05, 0) is 29.7 Å². The Kier molecular flexibility index (Phi) is 4.35. The first-order valence-corrected chi connectivity index (χ1v) is 6.88. The lowest BCUT2D eigenvalue weighted by atomic mass is 9.97. The maximum atomic E-state index is 11.4. The molecule has 1 N–H and O–H groups in total. The summed E-state index contributed by atoms with van der Waals surface area (Å²) in [7, 11) is 1.84. The van der Waals surface area contributed by atoms with Crippen molar-refractivity contribution in [2.24, 2.45) is 18.9 Å².